The number of sulfonamides is 1. The van der Waals surface area contributed by atoms with Gasteiger partial charge in [0.05, 0.1) is 18.7 Å². The summed E-state index contributed by atoms with van der Waals surface area (Å²) < 4.78 is 24.4. The Morgan fingerprint density at radius 2 is 2.10 bits per heavy atom. The summed E-state index contributed by atoms with van der Waals surface area (Å²) in [4.78, 5) is 0. The van der Waals surface area contributed by atoms with E-state index in [0.717, 1.165) is 24.1 Å². The van der Waals surface area contributed by atoms with Crippen LogP contribution in [0.15, 0.2) is 18.2 Å². The molecule has 6 nitrogen and oxygen atoms in total. The van der Waals surface area contributed by atoms with Gasteiger partial charge in [-0.05, 0) is 36.6 Å². The summed E-state index contributed by atoms with van der Waals surface area (Å²) in [7, 11) is -3.09. The van der Waals surface area contributed by atoms with Crippen molar-refractivity contribution in [1.82, 2.24) is 4.31 Å². The first-order chi connectivity index (χ1) is 9.90. The molecule has 1 fully saturated rings. The number of anilines is 2. The van der Waals surface area contributed by atoms with Crippen molar-refractivity contribution in [2.24, 2.45) is 0 Å². The topological polar surface area (TPSA) is 99.2 Å². The highest BCUT2D eigenvalue weighted by atomic mass is 32.2. The van der Waals surface area contributed by atoms with Crippen LogP contribution in [0.2, 0.25) is 0 Å². The quantitative estimate of drug-likeness (QED) is 0.813. The lowest BCUT2D eigenvalue weighted by molar-refractivity contribution is 0.332. The van der Waals surface area contributed by atoms with E-state index in [1.807, 2.05) is 12.1 Å². The highest BCUT2D eigenvalue weighted by molar-refractivity contribution is 7.88. The number of benzene rings is 1. The van der Waals surface area contributed by atoms with Crippen molar-refractivity contribution >= 4 is 21.4 Å². The van der Waals surface area contributed by atoms with Gasteiger partial charge in [-0.1, -0.05) is 0 Å². The van der Waals surface area contributed by atoms with Gasteiger partial charge >= 0.3 is 0 Å². The second-order valence-corrected chi connectivity index (χ2v) is 7.31. The highest BCUT2D eigenvalue weighted by Gasteiger charge is 2.24. The number of hydrogen-bond acceptors (Lipinski definition) is 5. The van der Waals surface area contributed by atoms with Crippen molar-refractivity contribution in [2.45, 2.75) is 25.3 Å². The average Bonchev–Trinajstić information content (AvgIpc) is 2.42. The normalized spacial score (nSPS) is 17.3. The Kier molecular flexibility index (Phi) is 4.70. The zero-order chi connectivity index (χ0) is 15.5. The Labute approximate surface area is 125 Å². The molecule has 3 N–H and O–H groups in total. The first-order valence-electron chi connectivity index (χ1n) is 6.87. The number of piperidine rings is 1. The molecule has 1 aliphatic rings. The summed E-state index contributed by atoms with van der Waals surface area (Å²) in [5.74, 6) is 0. The van der Waals surface area contributed by atoms with Crippen LogP contribution in [0.1, 0.15) is 18.4 Å². The van der Waals surface area contributed by atoms with Gasteiger partial charge in [0.25, 0.3) is 0 Å². The largest absolute Gasteiger partial charge is 0.398 e. The van der Waals surface area contributed by atoms with Crippen molar-refractivity contribution in [2.75, 3.05) is 30.4 Å². The minimum absolute atomic E-state index is 0.238. The van der Waals surface area contributed by atoms with Crippen molar-refractivity contribution in [3.63, 3.8) is 0 Å². The van der Waals surface area contributed by atoms with Gasteiger partial charge in [-0.3, -0.25) is 0 Å². The van der Waals surface area contributed by atoms with E-state index < -0.39 is 10.0 Å². The van der Waals surface area contributed by atoms with Crippen molar-refractivity contribution < 1.29 is 8.42 Å². The second-order valence-electron chi connectivity index (χ2n) is 5.33. The molecule has 0 bridgehead atoms. The summed E-state index contributed by atoms with van der Waals surface area (Å²) in [5.41, 5.74) is 8.18. The van der Waals surface area contributed by atoms with Gasteiger partial charge in [0, 0.05) is 30.5 Å². The molecular formula is C14H20N4O2S. The summed E-state index contributed by atoms with van der Waals surface area (Å²) >= 11 is 0. The maximum absolute atomic E-state index is 11.5. The fourth-order valence-corrected chi connectivity index (χ4v) is 3.38. The molecule has 0 radical (unpaired) electrons. The third-order valence-corrected chi connectivity index (χ3v) is 5.01. The number of rotatable bonds is 4. The lowest BCUT2D eigenvalue weighted by atomic mass is 10.0. The monoisotopic (exact) mass is 308 g/mol. The maximum Gasteiger partial charge on any atom is 0.211 e. The Morgan fingerprint density at radius 3 is 2.67 bits per heavy atom. The summed E-state index contributed by atoms with van der Waals surface area (Å²) in [6.45, 7) is 1.08. The van der Waals surface area contributed by atoms with Crippen LogP contribution in [0.5, 0.6) is 0 Å². The Balaban J connectivity index is 1.98. The predicted octanol–water partition coefficient (Wildman–Crippen LogP) is 1.17. The van der Waals surface area contributed by atoms with Crippen LogP contribution in [0.4, 0.5) is 11.4 Å². The van der Waals surface area contributed by atoms with Crippen LogP contribution in [-0.4, -0.2) is 38.1 Å². The number of hydrogen-bond donors (Lipinski definition) is 2. The molecule has 1 heterocycles. The van der Waals surface area contributed by atoms with E-state index in [1.54, 1.807) is 6.07 Å². The van der Waals surface area contributed by atoms with Gasteiger partial charge in [0.1, 0.15) is 0 Å². The van der Waals surface area contributed by atoms with Gasteiger partial charge in [-0.2, -0.15) is 5.26 Å². The first-order valence-corrected chi connectivity index (χ1v) is 8.72. The van der Waals surface area contributed by atoms with Crippen molar-refractivity contribution in [3.8, 4) is 6.07 Å². The van der Waals surface area contributed by atoms with E-state index in [1.165, 1.54) is 10.6 Å². The fourth-order valence-electron chi connectivity index (χ4n) is 2.50. The van der Waals surface area contributed by atoms with Crippen LogP contribution >= 0.6 is 0 Å². The Morgan fingerprint density at radius 1 is 1.43 bits per heavy atom. The Bertz CT molecular complexity index is 643. The van der Waals surface area contributed by atoms with E-state index in [2.05, 4.69) is 11.4 Å². The summed E-state index contributed by atoms with van der Waals surface area (Å²) in [6, 6.07) is 7.91. The molecule has 0 aliphatic carbocycles. The molecule has 0 unspecified atom stereocenters. The molecule has 0 spiro atoms. The molecular weight excluding hydrogens is 288 g/mol. The third kappa shape index (κ3) is 4.09. The molecule has 0 saturated carbocycles. The van der Waals surface area contributed by atoms with Crippen LogP contribution in [0.25, 0.3) is 0 Å². The first kappa shape index (κ1) is 15.6. The minimum Gasteiger partial charge on any atom is -0.398 e. The Hall–Kier alpha value is -1.78. The average molecular weight is 308 g/mol. The highest BCUT2D eigenvalue weighted by Crippen LogP contribution is 2.22. The third-order valence-electron chi connectivity index (χ3n) is 3.71. The van der Waals surface area contributed by atoms with Gasteiger partial charge in [0.15, 0.2) is 0 Å². The zero-order valence-electron chi connectivity index (χ0n) is 12.0. The molecule has 1 saturated heterocycles. The molecule has 1 aromatic rings. The summed E-state index contributed by atoms with van der Waals surface area (Å²) in [5, 5.41) is 12.2. The molecule has 0 amide bonds. The van der Waals surface area contributed by atoms with E-state index in [9.17, 15) is 8.42 Å². The standard InChI is InChI=1S/C14H20N4O2S/c1-21(19,20)18-8-5-12(6-9-18)17-13-2-3-14(16)11(10-13)4-7-15/h2-3,10,12,17H,4-6,8-9,16H2,1H3. The molecule has 0 atom stereocenters. The van der Waals surface area contributed by atoms with E-state index in [4.69, 9.17) is 11.0 Å². The molecule has 21 heavy (non-hydrogen) atoms. The van der Waals surface area contributed by atoms with E-state index in [0.29, 0.717) is 18.8 Å². The number of nitrogens with zero attached hydrogens (tertiary/aromatic N) is 2. The van der Waals surface area contributed by atoms with Gasteiger partial charge in [-0.25, -0.2) is 12.7 Å². The van der Waals surface area contributed by atoms with Crippen LogP contribution in [-0.2, 0) is 16.4 Å². The van der Waals surface area contributed by atoms with Crippen LogP contribution in [0.3, 0.4) is 0 Å². The second kappa shape index (κ2) is 6.33. The van der Waals surface area contributed by atoms with Crippen molar-refractivity contribution in [1.29, 1.82) is 5.26 Å². The van der Waals surface area contributed by atoms with Crippen LogP contribution < -0.4 is 11.1 Å². The number of nitrogens with two attached hydrogens (primary N) is 1. The number of nitrogen functional groups attached to an aromatic ring is 1. The van der Waals surface area contributed by atoms with Crippen LogP contribution in [0, 0.1) is 11.3 Å². The number of nitriles is 1. The SMILES string of the molecule is CS(=O)(=O)N1CCC(Nc2ccc(N)c(CC#N)c2)CC1. The lowest BCUT2D eigenvalue weighted by Gasteiger charge is -2.31. The van der Waals surface area contributed by atoms with Gasteiger partial charge in [0.2, 0.25) is 10.0 Å². The van der Waals surface area contributed by atoms with E-state index >= 15 is 0 Å². The molecule has 114 valence electrons. The molecule has 1 aliphatic heterocycles. The molecule has 0 aromatic heterocycles. The minimum atomic E-state index is -3.09. The lowest BCUT2D eigenvalue weighted by Crippen LogP contribution is -2.41. The van der Waals surface area contributed by atoms with Gasteiger partial charge in [-0.15, -0.1) is 0 Å². The fraction of sp³-hybridized carbons (Fsp3) is 0.500. The molecule has 7 heteroatoms. The smallest absolute Gasteiger partial charge is 0.211 e. The number of nitrogens with one attached hydrogen (secondary N) is 1. The maximum atomic E-state index is 11.5. The predicted molar refractivity (Wildman–Crippen MR) is 83.2 cm³/mol. The van der Waals surface area contributed by atoms with Gasteiger partial charge < -0.3 is 11.1 Å². The zero-order valence-corrected chi connectivity index (χ0v) is 12.9. The summed E-state index contributed by atoms with van der Waals surface area (Å²) in [6.07, 6.45) is 3.07. The molecule has 1 aromatic carbocycles. The molecule has 2 rings (SSSR count). The van der Waals surface area contributed by atoms with E-state index in [-0.39, 0.29) is 12.5 Å². The van der Waals surface area contributed by atoms with Crippen molar-refractivity contribution in [3.05, 3.63) is 23.8 Å².